The van der Waals surface area contributed by atoms with Gasteiger partial charge in [-0.25, -0.2) is 4.98 Å². The van der Waals surface area contributed by atoms with Gasteiger partial charge in [0.15, 0.2) is 0 Å². The van der Waals surface area contributed by atoms with Gasteiger partial charge in [-0.05, 0) is 44.9 Å². The van der Waals surface area contributed by atoms with E-state index in [4.69, 9.17) is 0 Å². The molecule has 1 N–H and O–H groups in total. The summed E-state index contributed by atoms with van der Waals surface area (Å²) in [6, 6.07) is 1.15. The standard InChI is InChI=1S/C15H27N3/c1-12(2)6-5-9-18-11-16-10-15(18)14-8-4-7-13(3)17-14/h10-14,17H,4-9H2,1-3H3. The van der Waals surface area contributed by atoms with Crippen LogP contribution in [0.5, 0.6) is 0 Å². The molecule has 2 unspecified atom stereocenters. The number of imidazole rings is 1. The second-order valence-electron chi connectivity index (χ2n) is 6.10. The molecule has 2 atom stereocenters. The third kappa shape index (κ3) is 3.58. The lowest BCUT2D eigenvalue weighted by atomic mass is 9.97. The number of nitrogens with zero attached hydrogens (tertiary/aromatic N) is 2. The first kappa shape index (κ1) is 13.6. The molecule has 1 aromatic heterocycles. The molecule has 1 aliphatic rings. The minimum absolute atomic E-state index is 0.510. The Morgan fingerprint density at radius 3 is 3.00 bits per heavy atom. The van der Waals surface area contributed by atoms with Gasteiger partial charge in [0.25, 0.3) is 0 Å². The molecule has 0 bridgehead atoms. The Morgan fingerprint density at radius 1 is 1.44 bits per heavy atom. The van der Waals surface area contributed by atoms with Crippen LogP contribution in [0.4, 0.5) is 0 Å². The minimum atomic E-state index is 0.510. The smallest absolute Gasteiger partial charge is 0.0948 e. The van der Waals surface area contributed by atoms with Crippen LogP contribution in [0.15, 0.2) is 12.5 Å². The highest BCUT2D eigenvalue weighted by molar-refractivity contribution is 5.07. The molecule has 1 saturated heterocycles. The van der Waals surface area contributed by atoms with Gasteiger partial charge in [-0.1, -0.05) is 13.8 Å². The number of hydrogen-bond donors (Lipinski definition) is 1. The lowest BCUT2D eigenvalue weighted by Crippen LogP contribution is -2.35. The van der Waals surface area contributed by atoms with E-state index in [-0.39, 0.29) is 0 Å². The normalized spacial score (nSPS) is 24.7. The molecule has 0 aromatic carbocycles. The van der Waals surface area contributed by atoms with Crippen LogP contribution in [-0.4, -0.2) is 15.6 Å². The number of rotatable bonds is 5. The predicted octanol–water partition coefficient (Wildman–Crippen LogP) is 3.52. The van der Waals surface area contributed by atoms with Crippen LogP contribution in [0.2, 0.25) is 0 Å². The Hall–Kier alpha value is -0.830. The Balaban J connectivity index is 1.94. The maximum atomic E-state index is 4.34. The first-order valence-electron chi connectivity index (χ1n) is 7.43. The summed E-state index contributed by atoms with van der Waals surface area (Å²) in [5, 5.41) is 3.70. The molecule has 0 saturated carbocycles. The van der Waals surface area contributed by atoms with Gasteiger partial charge < -0.3 is 9.88 Å². The third-order valence-electron chi connectivity index (χ3n) is 3.90. The van der Waals surface area contributed by atoms with E-state index in [2.05, 4.69) is 35.6 Å². The number of aryl methyl sites for hydroxylation is 1. The first-order valence-corrected chi connectivity index (χ1v) is 7.43. The topological polar surface area (TPSA) is 29.9 Å². The molecule has 3 heteroatoms. The molecule has 0 spiro atoms. The summed E-state index contributed by atoms with van der Waals surface area (Å²) in [5.74, 6) is 0.796. The summed E-state index contributed by atoms with van der Waals surface area (Å²) in [5.41, 5.74) is 1.38. The zero-order valence-corrected chi connectivity index (χ0v) is 12.0. The van der Waals surface area contributed by atoms with E-state index in [0.717, 1.165) is 12.5 Å². The van der Waals surface area contributed by atoms with Crippen molar-refractivity contribution >= 4 is 0 Å². The van der Waals surface area contributed by atoms with E-state index in [9.17, 15) is 0 Å². The van der Waals surface area contributed by atoms with Gasteiger partial charge in [0, 0.05) is 24.8 Å². The molecule has 1 fully saturated rings. The van der Waals surface area contributed by atoms with Crippen LogP contribution < -0.4 is 5.32 Å². The van der Waals surface area contributed by atoms with Crippen molar-refractivity contribution in [2.45, 2.75) is 71.5 Å². The predicted molar refractivity (Wildman–Crippen MR) is 75.5 cm³/mol. The average Bonchev–Trinajstić information content (AvgIpc) is 2.77. The molecule has 2 rings (SSSR count). The minimum Gasteiger partial charge on any atom is -0.333 e. The maximum absolute atomic E-state index is 4.34. The van der Waals surface area contributed by atoms with Crippen molar-refractivity contribution < 1.29 is 0 Å². The van der Waals surface area contributed by atoms with Gasteiger partial charge in [-0.15, -0.1) is 0 Å². The first-order chi connectivity index (χ1) is 8.66. The van der Waals surface area contributed by atoms with Gasteiger partial charge >= 0.3 is 0 Å². The third-order valence-corrected chi connectivity index (χ3v) is 3.90. The highest BCUT2D eigenvalue weighted by Gasteiger charge is 2.21. The van der Waals surface area contributed by atoms with E-state index < -0.39 is 0 Å². The summed E-state index contributed by atoms with van der Waals surface area (Å²) in [4.78, 5) is 4.34. The van der Waals surface area contributed by atoms with Gasteiger partial charge in [0.1, 0.15) is 0 Å². The molecule has 18 heavy (non-hydrogen) atoms. The van der Waals surface area contributed by atoms with E-state index in [0.29, 0.717) is 12.1 Å². The molecular formula is C15H27N3. The second kappa shape index (κ2) is 6.37. The number of nitrogens with one attached hydrogen (secondary N) is 1. The molecule has 3 nitrogen and oxygen atoms in total. The molecule has 2 heterocycles. The molecule has 0 aliphatic carbocycles. The fourth-order valence-corrected chi connectivity index (χ4v) is 2.85. The molecule has 0 amide bonds. The summed E-state index contributed by atoms with van der Waals surface area (Å²) < 4.78 is 2.35. The Morgan fingerprint density at radius 2 is 2.28 bits per heavy atom. The largest absolute Gasteiger partial charge is 0.333 e. The van der Waals surface area contributed by atoms with E-state index in [1.807, 2.05) is 12.5 Å². The van der Waals surface area contributed by atoms with E-state index >= 15 is 0 Å². The fraction of sp³-hybridized carbons (Fsp3) is 0.800. The Labute approximate surface area is 111 Å². The van der Waals surface area contributed by atoms with Crippen molar-refractivity contribution in [3.05, 3.63) is 18.2 Å². The van der Waals surface area contributed by atoms with Gasteiger partial charge in [0.2, 0.25) is 0 Å². The van der Waals surface area contributed by atoms with E-state index in [1.165, 1.54) is 37.8 Å². The molecule has 1 aromatic rings. The molecule has 102 valence electrons. The van der Waals surface area contributed by atoms with Crippen molar-refractivity contribution in [2.75, 3.05) is 0 Å². The van der Waals surface area contributed by atoms with Crippen LogP contribution in [0.3, 0.4) is 0 Å². The molecule has 1 aliphatic heterocycles. The lowest BCUT2D eigenvalue weighted by Gasteiger charge is -2.29. The van der Waals surface area contributed by atoms with Crippen LogP contribution >= 0.6 is 0 Å². The average molecular weight is 249 g/mol. The number of hydrogen-bond acceptors (Lipinski definition) is 2. The van der Waals surface area contributed by atoms with E-state index in [1.54, 1.807) is 0 Å². The fourth-order valence-electron chi connectivity index (χ4n) is 2.85. The second-order valence-corrected chi connectivity index (χ2v) is 6.10. The van der Waals surface area contributed by atoms with Crippen LogP contribution in [0, 0.1) is 5.92 Å². The number of piperidine rings is 1. The summed E-state index contributed by atoms with van der Waals surface area (Å²) in [6.45, 7) is 7.98. The van der Waals surface area contributed by atoms with Crippen LogP contribution in [0.25, 0.3) is 0 Å². The van der Waals surface area contributed by atoms with Crippen molar-refractivity contribution in [3.8, 4) is 0 Å². The Bertz CT molecular complexity index is 356. The van der Waals surface area contributed by atoms with Crippen LogP contribution in [-0.2, 0) is 6.54 Å². The van der Waals surface area contributed by atoms with Gasteiger partial charge in [-0.2, -0.15) is 0 Å². The summed E-state index contributed by atoms with van der Waals surface area (Å²) in [7, 11) is 0. The lowest BCUT2D eigenvalue weighted by molar-refractivity contribution is 0.327. The Kier molecular flexibility index (Phi) is 4.81. The molecule has 0 radical (unpaired) electrons. The van der Waals surface area contributed by atoms with Crippen molar-refractivity contribution in [2.24, 2.45) is 5.92 Å². The summed E-state index contributed by atoms with van der Waals surface area (Å²) >= 11 is 0. The highest BCUT2D eigenvalue weighted by atomic mass is 15.1. The van der Waals surface area contributed by atoms with Crippen LogP contribution in [0.1, 0.15) is 64.6 Å². The van der Waals surface area contributed by atoms with Crippen molar-refractivity contribution in [1.82, 2.24) is 14.9 Å². The van der Waals surface area contributed by atoms with Gasteiger partial charge in [-0.3, -0.25) is 0 Å². The highest BCUT2D eigenvalue weighted by Crippen LogP contribution is 2.25. The van der Waals surface area contributed by atoms with Crippen molar-refractivity contribution in [1.29, 1.82) is 0 Å². The van der Waals surface area contributed by atoms with Crippen molar-refractivity contribution in [3.63, 3.8) is 0 Å². The monoisotopic (exact) mass is 249 g/mol. The van der Waals surface area contributed by atoms with Gasteiger partial charge in [0.05, 0.1) is 12.0 Å². The maximum Gasteiger partial charge on any atom is 0.0948 e. The quantitative estimate of drug-likeness (QED) is 0.865. The SMILES string of the molecule is CC(C)CCCn1cncc1C1CCCC(C)N1. The zero-order chi connectivity index (χ0) is 13.0. The zero-order valence-electron chi connectivity index (χ0n) is 12.0. The summed E-state index contributed by atoms with van der Waals surface area (Å²) in [6.07, 6.45) is 10.5. The number of aromatic nitrogens is 2. The molecular weight excluding hydrogens is 222 g/mol.